The minimum atomic E-state index is -2.77. The molecule has 13 heteroatoms. The highest BCUT2D eigenvalue weighted by Crippen LogP contribution is 2.53. The first kappa shape index (κ1) is 25.1. The molecule has 4 rings (SSSR count). The molecular weight excluding hydrogens is 476 g/mol. The number of hydrogen-bond acceptors (Lipinski definition) is 11. The Labute approximate surface area is 204 Å². The Morgan fingerprint density at radius 2 is 1.94 bits per heavy atom. The number of nitrogens with two attached hydrogens (primary N) is 1. The van der Waals surface area contributed by atoms with Gasteiger partial charge in [0, 0.05) is 29.8 Å². The van der Waals surface area contributed by atoms with Crippen LogP contribution in [0.15, 0.2) is 28.7 Å². The average Bonchev–Trinajstić information content (AvgIpc) is 2.77. The molecule has 0 saturated carbocycles. The van der Waals surface area contributed by atoms with E-state index in [0.717, 1.165) is 6.07 Å². The van der Waals surface area contributed by atoms with E-state index in [-0.39, 0.29) is 24.1 Å². The number of allylic oxidation sites excluding steroid dienone is 1. The summed E-state index contributed by atoms with van der Waals surface area (Å²) < 4.78 is 0. The number of nitrogens with one attached hydrogen (secondary N) is 1. The van der Waals surface area contributed by atoms with Gasteiger partial charge < -0.3 is 31.5 Å². The van der Waals surface area contributed by atoms with Gasteiger partial charge in [0.2, 0.25) is 11.5 Å². The molecule has 1 aromatic rings. The largest absolute Gasteiger partial charge is 0.510 e. The molecule has 1 aromatic carbocycles. The van der Waals surface area contributed by atoms with E-state index in [1.54, 1.807) is 6.92 Å². The molecule has 0 saturated heterocycles. The SMILES string of the molecule is CCNc1cc([N+](=O)[O-])c(O)c2c1CC1CC3[C@H](N(C)C)C(O)=C(C(N)=O)C(=O)C3(O)C(O)=C1C2=O. The Bertz CT molecular complexity index is 1300. The molecule has 0 spiro atoms. The molecule has 13 nitrogen and oxygen atoms in total. The number of ketones is 2. The van der Waals surface area contributed by atoms with Crippen molar-refractivity contribution >= 4 is 28.8 Å². The maximum Gasteiger partial charge on any atom is 0.313 e. The van der Waals surface area contributed by atoms with Gasteiger partial charge in [0.15, 0.2) is 11.4 Å². The lowest BCUT2D eigenvalue weighted by molar-refractivity contribution is -0.385. The van der Waals surface area contributed by atoms with Crippen LogP contribution in [0.3, 0.4) is 0 Å². The molecule has 3 aliphatic rings. The number of aliphatic hydroxyl groups is 3. The van der Waals surface area contributed by atoms with Gasteiger partial charge in [0.05, 0.1) is 16.5 Å². The zero-order chi connectivity index (χ0) is 26.9. The molecule has 7 N–H and O–H groups in total. The number of benzene rings is 1. The number of aromatic hydroxyl groups is 1. The monoisotopic (exact) mass is 502 g/mol. The van der Waals surface area contributed by atoms with Crippen molar-refractivity contribution in [3.63, 3.8) is 0 Å². The van der Waals surface area contributed by atoms with Crippen LogP contribution in [0.4, 0.5) is 11.4 Å². The molecule has 3 unspecified atom stereocenters. The van der Waals surface area contributed by atoms with Crippen molar-refractivity contribution in [1.82, 2.24) is 4.90 Å². The summed E-state index contributed by atoms with van der Waals surface area (Å²) in [6, 6.07) is 0.0213. The predicted octanol–water partition coefficient (Wildman–Crippen LogP) is 0.461. The minimum Gasteiger partial charge on any atom is -0.510 e. The Morgan fingerprint density at radius 1 is 1.31 bits per heavy atom. The number of nitro groups is 1. The van der Waals surface area contributed by atoms with Gasteiger partial charge in [-0.3, -0.25) is 29.4 Å². The summed E-state index contributed by atoms with van der Waals surface area (Å²) in [5.41, 5.74) is 0.637. The molecule has 36 heavy (non-hydrogen) atoms. The third kappa shape index (κ3) is 3.19. The van der Waals surface area contributed by atoms with E-state index in [0.29, 0.717) is 6.54 Å². The van der Waals surface area contributed by atoms with Gasteiger partial charge in [-0.15, -0.1) is 0 Å². The molecule has 0 aromatic heterocycles. The van der Waals surface area contributed by atoms with Crippen LogP contribution in [0.25, 0.3) is 0 Å². The number of anilines is 1. The predicted molar refractivity (Wildman–Crippen MR) is 124 cm³/mol. The summed E-state index contributed by atoms with van der Waals surface area (Å²) in [4.78, 5) is 51.0. The molecule has 3 aliphatic carbocycles. The fourth-order valence-electron chi connectivity index (χ4n) is 5.79. The minimum absolute atomic E-state index is 0.0302. The maximum atomic E-state index is 13.6. The lowest BCUT2D eigenvalue weighted by atomic mass is 9.58. The van der Waals surface area contributed by atoms with Gasteiger partial charge in [0.1, 0.15) is 17.1 Å². The molecular formula is C23H26N4O9. The number of primary amides is 1. The highest BCUT2D eigenvalue weighted by atomic mass is 16.6. The Kier molecular flexibility index (Phi) is 5.80. The van der Waals surface area contributed by atoms with Crippen LogP contribution in [0.5, 0.6) is 5.75 Å². The van der Waals surface area contributed by atoms with Crippen molar-refractivity contribution in [2.24, 2.45) is 17.6 Å². The van der Waals surface area contributed by atoms with Gasteiger partial charge in [0.25, 0.3) is 5.91 Å². The van der Waals surface area contributed by atoms with E-state index in [1.165, 1.54) is 19.0 Å². The van der Waals surface area contributed by atoms with E-state index in [1.807, 2.05) is 0 Å². The molecule has 0 aliphatic heterocycles. The van der Waals surface area contributed by atoms with E-state index in [2.05, 4.69) is 5.32 Å². The average molecular weight is 502 g/mol. The molecule has 0 heterocycles. The molecule has 0 bridgehead atoms. The van der Waals surface area contributed by atoms with Gasteiger partial charge in [-0.25, -0.2) is 0 Å². The summed E-state index contributed by atoms with van der Waals surface area (Å²) in [6.45, 7) is 2.10. The van der Waals surface area contributed by atoms with Crippen LogP contribution >= 0.6 is 0 Å². The lowest BCUT2D eigenvalue weighted by Gasteiger charge is -2.50. The molecule has 0 fully saturated rings. The standard InChI is InChI=1S/C23H26N4O9/c1-4-25-11-7-12(27(35)36)17(28)14-9(11)5-8-6-10-16(26(2)3)19(30)15(22(24)33)21(32)23(10,34)20(31)13(8)18(14)29/h7-8,10,16,25,28,30-31,34H,4-6H2,1-3H3,(H2,24,33)/t8?,10?,16-,23?/m0/s1. The maximum absolute atomic E-state index is 13.6. The normalized spacial score (nSPS) is 27.5. The number of phenolic OH excluding ortho intramolecular Hbond substituents is 1. The van der Waals surface area contributed by atoms with E-state index in [4.69, 9.17) is 5.73 Å². The quantitative estimate of drug-likeness (QED) is 0.141. The number of phenols is 1. The van der Waals surface area contributed by atoms with Crippen LogP contribution in [-0.4, -0.2) is 80.0 Å². The zero-order valence-corrected chi connectivity index (χ0v) is 19.7. The number of hydrogen-bond donors (Lipinski definition) is 6. The third-order valence-electron chi connectivity index (χ3n) is 7.27. The van der Waals surface area contributed by atoms with Crippen molar-refractivity contribution in [1.29, 1.82) is 0 Å². The summed E-state index contributed by atoms with van der Waals surface area (Å²) in [5, 5.41) is 58.6. The first-order valence-corrected chi connectivity index (χ1v) is 11.2. The summed E-state index contributed by atoms with van der Waals surface area (Å²) >= 11 is 0. The molecule has 192 valence electrons. The van der Waals surface area contributed by atoms with Crippen LogP contribution in [0.2, 0.25) is 0 Å². The van der Waals surface area contributed by atoms with E-state index >= 15 is 0 Å². The van der Waals surface area contributed by atoms with Crippen molar-refractivity contribution in [3.05, 3.63) is 50.0 Å². The fourth-order valence-corrected chi connectivity index (χ4v) is 5.79. The lowest BCUT2D eigenvalue weighted by Crippen LogP contribution is -2.63. The molecule has 1 amide bonds. The second kappa shape index (κ2) is 8.31. The van der Waals surface area contributed by atoms with Crippen molar-refractivity contribution in [2.75, 3.05) is 26.0 Å². The van der Waals surface area contributed by atoms with Crippen molar-refractivity contribution in [3.8, 4) is 5.75 Å². The Morgan fingerprint density at radius 3 is 2.47 bits per heavy atom. The van der Waals surface area contributed by atoms with Crippen LogP contribution in [0, 0.1) is 22.0 Å². The topological polar surface area (TPSA) is 217 Å². The molecule has 0 radical (unpaired) electrons. The number of aliphatic hydroxyl groups excluding tert-OH is 2. The second-order valence-electron chi connectivity index (χ2n) is 9.40. The first-order valence-electron chi connectivity index (χ1n) is 11.2. The smallest absolute Gasteiger partial charge is 0.313 e. The van der Waals surface area contributed by atoms with Gasteiger partial charge in [-0.2, -0.15) is 0 Å². The van der Waals surface area contributed by atoms with Crippen LogP contribution in [0.1, 0.15) is 29.3 Å². The van der Waals surface area contributed by atoms with Crippen molar-refractivity contribution in [2.45, 2.75) is 31.4 Å². The number of fused-ring (bicyclic) bond motifs is 3. The molecule has 4 atom stereocenters. The van der Waals surface area contributed by atoms with E-state index < -0.39 is 85.5 Å². The highest BCUT2D eigenvalue weighted by Gasteiger charge is 2.63. The summed E-state index contributed by atoms with van der Waals surface area (Å²) in [6.07, 6.45) is -0.0441. The Hall–Kier alpha value is -3.97. The second-order valence-corrected chi connectivity index (χ2v) is 9.40. The number of amides is 1. The van der Waals surface area contributed by atoms with Crippen molar-refractivity contribution < 1.29 is 39.7 Å². The summed E-state index contributed by atoms with van der Waals surface area (Å²) in [7, 11) is 3.07. The Balaban J connectivity index is 1.99. The van der Waals surface area contributed by atoms with Gasteiger partial charge in [-0.05, 0) is 45.3 Å². The highest BCUT2D eigenvalue weighted by molar-refractivity contribution is 6.25. The zero-order valence-electron chi connectivity index (χ0n) is 19.7. The number of nitro benzene ring substituents is 1. The fraction of sp³-hybridized carbons (Fsp3) is 0.435. The first-order chi connectivity index (χ1) is 16.8. The van der Waals surface area contributed by atoms with Gasteiger partial charge in [-0.1, -0.05) is 0 Å². The number of rotatable bonds is 5. The van der Waals surface area contributed by atoms with Crippen LogP contribution < -0.4 is 11.1 Å². The third-order valence-corrected chi connectivity index (χ3v) is 7.27. The number of likely N-dealkylation sites (N-methyl/N-ethyl adjacent to an activating group) is 1. The van der Waals surface area contributed by atoms with Crippen LogP contribution in [-0.2, 0) is 16.0 Å². The number of nitrogens with zero attached hydrogens (tertiary/aromatic N) is 2. The van der Waals surface area contributed by atoms with E-state index in [9.17, 15) is 44.9 Å². The number of carbonyl (C=O) groups excluding carboxylic acids is 3. The number of carbonyl (C=O) groups is 3. The van der Waals surface area contributed by atoms with Gasteiger partial charge >= 0.3 is 5.69 Å². The number of Topliss-reactive ketones (excluding diaryl/α,β-unsaturated/α-hetero) is 2. The summed E-state index contributed by atoms with van der Waals surface area (Å²) in [5.74, 6) is -8.17.